The summed E-state index contributed by atoms with van der Waals surface area (Å²) < 4.78 is 10.8. The van der Waals surface area contributed by atoms with Crippen LogP contribution in [0.2, 0.25) is 5.02 Å². The zero-order valence-corrected chi connectivity index (χ0v) is 16.7. The number of hydrogen-bond donors (Lipinski definition) is 1. The van der Waals surface area contributed by atoms with Crippen LogP contribution >= 0.6 is 11.6 Å². The Morgan fingerprint density at radius 3 is 2.33 bits per heavy atom. The Labute approximate surface area is 164 Å². The Balaban J connectivity index is 1.92. The number of ether oxygens (including phenoxy) is 2. The van der Waals surface area contributed by atoms with Gasteiger partial charge in [0.1, 0.15) is 5.75 Å². The van der Waals surface area contributed by atoms with Crippen LogP contribution in [0.5, 0.6) is 5.75 Å². The smallest absolute Gasteiger partial charge is 0.350 e. The number of rotatable bonds is 7. The predicted molar refractivity (Wildman–Crippen MR) is 106 cm³/mol. The molecule has 0 bridgehead atoms. The average Bonchev–Trinajstić information content (AvgIpc) is 2.61. The van der Waals surface area contributed by atoms with Crippen LogP contribution < -0.4 is 10.1 Å². The lowest BCUT2D eigenvalue weighted by atomic mass is 10.0. The van der Waals surface area contributed by atoms with Gasteiger partial charge in [-0.3, -0.25) is 4.79 Å². The number of halogens is 1. The normalized spacial score (nSPS) is 11.2. The van der Waals surface area contributed by atoms with Crippen molar-refractivity contribution in [3.8, 4) is 5.75 Å². The van der Waals surface area contributed by atoms with Gasteiger partial charge in [0.05, 0.1) is 0 Å². The third-order valence-electron chi connectivity index (χ3n) is 3.87. The minimum absolute atomic E-state index is 0.260. The molecule has 1 N–H and O–H groups in total. The van der Waals surface area contributed by atoms with Gasteiger partial charge in [-0.1, -0.05) is 43.6 Å². The maximum absolute atomic E-state index is 12.3. The number of nitrogens with one attached hydrogen (secondary N) is 1. The standard InChI is InChI=1S/C21H24ClNO4/c1-14(2)17-7-5-6-8-18(17)23-19(24)13-26-20(25)21(3,4)27-16-11-9-15(22)10-12-16/h5-12,14H,13H2,1-4H3,(H,23,24). The molecule has 2 rings (SSSR count). The second-order valence-electron chi connectivity index (χ2n) is 6.93. The minimum Gasteiger partial charge on any atom is -0.476 e. The molecule has 0 radical (unpaired) electrons. The zero-order chi connectivity index (χ0) is 20.0. The van der Waals surface area contributed by atoms with E-state index in [1.54, 1.807) is 38.1 Å². The highest BCUT2D eigenvalue weighted by molar-refractivity contribution is 6.30. The van der Waals surface area contributed by atoms with Gasteiger partial charge in [-0.2, -0.15) is 0 Å². The largest absolute Gasteiger partial charge is 0.476 e. The van der Waals surface area contributed by atoms with E-state index in [1.165, 1.54) is 0 Å². The van der Waals surface area contributed by atoms with E-state index in [4.69, 9.17) is 21.1 Å². The average molecular weight is 390 g/mol. The summed E-state index contributed by atoms with van der Waals surface area (Å²) in [7, 11) is 0. The van der Waals surface area contributed by atoms with Gasteiger partial charge in [0.25, 0.3) is 5.91 Å². The lowest BCUT2D eigenvalue weighted by Crippen LogP contribution is -2.41. The fraction of sp³-hybridized carbons (Fsp3) is 0.333. The van der Waals surface area contributed by atoms with E-state index in [1.807, 2.05) is 38.1 Å². The molecule has 0 unspecified atom stereocenters. The monoisotopic (exact) mass is 389 g/mol. The summed E-state index contributed by atoms with van der Waals surface area (Å²) in [6.45, 7) is 6.85. The van der Waals surface area contributed by atoms with Crippen LogP contribution in [0.1, 0.15) is 39.2 Å². The van der Waals surface area contributed by atoms with E-state index in [0.717, 1.165) is 5.56 Å². The maximum Gasteiger partial charge on any atom is 0.350 e. The van der Waals surface area contributed by atoms with Gasteiger partial charge in [-0.15, -0.1) is 0 Å². The molecule has 0 aliphatic carbocycles. The molecule has 2 aromatic rings. The molecule has 6 heteroatoms. The molecule has 0 aromatic heterocycles. The molecular weight excluding hydrogens is 366 g/mol. The maximum atomic E-state index is 12.3. The second-order valence-corrected chi connectivity index (χ2v) is 7.37. The summed E-state index contributed by atoms with van der Waals surface area (Å²) in [5.74, 6) is -0.295. The third-order valence-corrected chi connectivity index (χ3v) is 4.12. The Hall–Kier alpha value is -2.53. The van der Waals surface area contributed by atoms with Crippen LogP contribution in [0.3, 0.4) is 0 Å². The van der Waals surface area contributed by atoms with E-state index in [2.05, 4.69) is 5.32 Å². The van der Waals surface area contributed by atoms with Crippen molar-refractivity contribution < 1.29 is 19.1 Å². The molecule has 5 nitrogen and oxygen atoms in total. The van der Waals surface area contributed by atoms with Gasteiger partial charge in [-0.05, 0) is 55.7 Å². The highest BCUT2D eigenvalue weighted by atomic mass is 35.5. The first kappa shape index (κ1) is 20.8. The number of anilines is 1. The van der Waals surface area contributed by atoms with Crippen LogP contribution in [-0.2, 0) is 14.3 Å². The van der Waals surface area contributed by atoms with Gasteiger partial charge >= 0.3 is 5.97 Å². The van der Waals surface area contributed by atoms with Crippen molar-refractivity contribution in [2.45, 2.75) is 39.2 Å². The SMILES string of the molecule is CC(C)c1ccccc1NC(=O)COC(=O)C(C)(C)Oc1ccc(Cl)cc1. The van der Waals surface area contributed by atoms with E-state index < -0.39 is 24.1 Å². The van der Waals surface area contributed by atoms with Gasteiger partial charge < -0.3 is 14.8 Å². The molecule has 144 valence electrons. The molecule has 0 heterocycles. The molecule has 2 aromatic carbocycles. The molecular formula is C21H24ClNO4. The first-order valence-corrected chi connectivity index (χ1v) is 9.07. The lowest BCUT2D eigenvalue weighted by molar-refractivity contribution is -0.161. The number of carbonyl (C=O) groups is 2. The Morgan fingerprint density at radius 2 is 1.70 bits per heavy atom. The molecule has 27 heavy (non-hydrogen) atoms. The van der Waals surface area contributed by atoms with Crippen LogP contribution in [0.15, 0.2) is 48.5 Å². The molecule has 1 amide bonds. The van der Waals surface area contributed by atoms with Crippen LogP contribution in [0.4, 0.5) is 5.69 Å². The van der Waals surface area contributed by atoms with Crippen LogP contribution in [-0.4, -0.2) is 24.1 Å². The fourth-order valence-electron chi connectivity index (χ4n) is 2.44. The minimum atomic E-state index is -1.25. The number of amides is 1. The van der Waals surface area contributed by atoms with E-state index in [0.29, 0.717) is 16.5 Å². The number of para-hydroxylation sites is 1. The molecule has 0 saturated heterocycles. The first-order chi connectivity index (χ1) is 12.7. The summed E-state index contributed by atoms with van der Waals surface area (Å²) in [6, 6.07) is 14.2. The van der Waals surface area contributed by atoms with Crippen molar-refractivity contribution in [3.63, 3.8) is 0 Å². The van der Waals surface area contributed by atoms with Gasteiger partial charge in [0.2, 0.25) is 0 Å². The van der Waals surface area contributed by atoms with Crippen molar-refractivity contribution in [2.24, 2.45) is 0 Å². The summed E-state index contributed by atoms with van der Waals surface area (Å²) in [6.07, 6.45) is 0. The van der Waals surface area contributed by atoms with Crippen molar-refractivity contribution in [3.05, 3.63) is 59.1 Å². The molecule has 0 atom stereocenters. The number of esters is 1. The third kappa shape index (κ3) is 6.00. The molecule has 0 spiro atoms. The highest BCUT2D eigenvalue weighted by Gasteiger charge is 2.32. The summed E-state index contributed by atoms with van der Waals surface area (Å²) in [5.41, 5.74) is 0.484. The lowest BCUT2D eigenvalue weighted by Gasteiger charge is -2.24. The molecule has 0 aliphatic heterocycles. The predicted octanol–water partition coefficient (Wildman–Crippen LogP) is 4.80. The summed E-state index contributed by atoms with van der Waals surface area (Å²) >= 11 is 5.84. The van der Waals surface area contributed by atoms with Crippen molar-refractivity contribution in [2.75, 3.05) is 11.9 Å². The van der Waals surface area contributed by atoms with Crippen molar-refractivity contribution in [1.29, 1.82) is 0 Å². The quantitative estimate of drug-likeness (QED) is 0.690. The first-order valence-electron chi connectivity index (χ1n) is 8.69. The molecule has 0 fully saturated rings. The van der Waals surface area contributed by atoms with Gasteiger partial charge in [-0.25, -0.2) is 4.79 Å². The second kappa shape index (κ2) is 8.91. The fourth-order valence-corrected chi connectivity index (χ4v) is 2.57. The van der Waals surface area contributed by atoms with E-state index in [-0.39, 0.29) is 5.92 Å². The van der Waals surface area contributed by atoms with Gasteiger partial charge in [0, 0.05) is 10.7 Å². The zero-order valence-electron chi connectivity index (χ0n) is 15.9. The van der Waals surface area contributed by atoms with Gasteiger partial charge in [0.15, 0.2) is 12.2 Å². The summed E-state index contributed by atoms with van der Waals surface area (Å²) in [5, 5.41) is 3.35. The van der Waals surface area contributed by atoms with E-state index >= 15 is 0 Å². The Morgan fingerprint density at radius 1 is 1.07 bits per heavy atom. The van der Waals surface area contributed by atoms with Crippen LogP contribution in [0, 0.1) is 0 Å². The number of hydrogen-bond acceptors (Lipinski definition) is 4. The number of benzene rings is 2. The van der Waals surface area contributed by atoms with Crippen molar-refractivity contribution >= 4 is 29.2 Å². The molecule has 0 saturated carbocycles. The van der Waals surface area contributed by atoms with Crippen molar-refractivity contribution in [1.82, 2.24) is 0 Å². The van der Waals surface area contributed by atoms with E-state index in [9.17, 15) is 9.59 Å². The Kier molecular flexibility index (Phi) is 6.86. The summed E-state index contributed by atoms with van der Waals surface area (Å²) in [4.78, 5) is 24.5. The topological polar surface area (TPSA) is 64.6 Å². The Bertz CT molecular complexity index is 800. The highest BCUT2D eigenvalue weighted by Crippen LogP contribution is 2.24. The van der Waals surface area contributed by atoms with Crippen LogP contribution in [0.25, 0.3) is 0 Å². The number of carbonyl (C=O) groups excluding carboxylic acids is 2. The molecule has 0 aliphatic rings.